The van der Waals surface area contributed by atoms with E-state index in [4.69, 9.17) is 22.4 Å². The van der Waals surface area contributed by atoms with Gasteiger partial charge in [0.25, 0.3) is 0 Å². The summed E-state index contributed by atoms with van der Waals surface area (Å²) >= 11 is 4.96. The highest BCUT2D eigenvalue weighted by atomic mass is 32.1. The molecule has 0 spiro atoms. The number of pyridine rings is 1. The fourth-order valence-corrected chi connectivity index (χ4v) is 2.36. The van der Waals surface area contributed by atoms with Crippen molar-refractivity contribution in [3.05, 3.63) is 63.8 Å². The third-order valence-corrected chi connectivity index (χ3v) is 3.62. The van der Waals surface area contributed by atoms with E-state index in [-0.39, 0.29) is 0 Å². The summed E-state index contributed by atoms with van der Waals surface area (Å²) in [5, 5.41) is 0. The first-order chi connectivity index (χ1) is 10.1. The van der Waals surface area contributed by atoms with E-state index in [9.17, 15) is 4.79 Å². The van der Waals surface area contributed by atoms with Crippen LogP contribution in [0, 0.1) is 6.92 Å². The molecule has 0 aliphatic carbocycles. The monoisotopic (exact) mass is 299 g/mol. The number of aromatic nitrogens is 2. The minimum Gasteiger partial charge on any atom is -0.406 e. The van der Waals surface area contributed by atoms with Crippen molar-refractivity contribution < 1.29 is 4.42 Å². The van der Waals surface area contributed by atoms with Crippen LogP contribution in [0.2, 0.25) is 0 Å². The van der Waals surface area contributed by atoms with Crippen LogP contribution >= 0.6 is 12.2 Å². The lowest BCUT2D eigenvalue weighted by Crippen LogP contribution is -2.16. The van der Waals surface area contributed by atoms with Gasteiger partial charge in [-0.25, -0.2) is 9.78 Å². The standard InChI is InChI=1S/C15H13N3O2S/c1-9-7-10(13(16)21)4-5-11(9)8-18-14-12(20-15(18)19)3-2-6-17-14/h2-7H,8H2,1H3,(H2,16,21). The van der Waals surface area contributed by atoms with Crippen molar-refractivity contribution >= 4 is 28.4 Å². The number of thiocarbonyl (C=S) groups is 1. The van der Waals surface area contributed by atoms with E-state index in [1.807, 2.05) is 25.1 Å². The normalized spacial score (nSPS) is 10.9. The number of nitrogens with zero attached hydrogens (tertiary/aromatic N) is 2. The summed E-state index contributed by atoms with van der Waals surface area (Å²) in [5.74, 6) is -0.415. The first-order valence-corrected chi connectivity index (χ1v) is 6.81. The van der Waals surface area contributed by atoms with Gasteiger partial charge in [0.05, 0.1) is 6.54 Å². The molecule has 3 rings (SSSR count). The van der Waals surface area contributed by atoms with E-state index in [1.165, 1.54) is 4.57 Å². The highest BCUT2D eigenvalue weighted by molar-refractivity contribution is 7.80. The molecule has 0 saturated carbocycles. The summed E-state index contributed by atoms with van der Waals surface area (Å²) in [6.45, 7) is 2.35. The van der Waals surface area contributed by atoms with Crippen molar-refractivity contribution in [2.45, 2.75) is 13.5 Å². The van der Waals surface area contributed by atoms with Gasteiger partial charge in [-0.2, -0.15) is 0 Å². The Morgan fingerprint density at radius 2 is 2.24 bits per heavy atom. The van der Waals surface area contributed by atoms with Gasteiger partial charge in [-0.15, -0.1) is 0 Å². The molecule has 0 radical (unpaired) electrons. The second-order valence-electron chi connectivity index (χ2n) is 4.78. The molecular formula is C15H13N3O2S. The zero-order valence-corrected chi connectivity index (χ0v) is 12.2. The largest absolute Gasteiger partial charge is 0.421 e. The number of nitrogens with two attached hydrogens (primary N) is 1. The SMILES string of the molecule is Cc1cc(C(N)=S)ccc1Cn1c(=O)oc2cccnc21. The molecule has 0 unspecified atom stereocenters. The smallest absolute Gasteiger partial charge is 0.406 e. The van der Waals surface area contributed by atoms with E-state index in [0.717, 1.165) is 16.7 Å². The van der Waals surface area contributed by atoms with Crippen molar-refractivity contribution in [3.63, 3.8) is 0 Å². The number of aryl methyl sites for hydroxylation is 1. The van der Waals surface area contributed by atoms with Gasteiger partial charge in [0, 0.05) is 11.8 Å². The van der Waals surface area contributed by atoms with Gasteiger partial charge in [-0.1, -0.05) is 24.4 Å². The van der Waals surface area contributed by atoms with Gasteiger partial charge in [0.15, 0.2) is 11.2 Å². The van der Waals surface area contributed by atoms with E-state index >= 15 is 0 Å². The van der Waals surface area contributed by atoms with Crippen molar-refractivity contribution in [1.29, 1.82) is 0 Å². The molecule has 106 valence electrons. The summed E-state index contributed by atoms with van der Waals surface area (Å²) in [7, 11) is 0. The lowest BCUT2D eigenvalue weighted by molar-refractivity contribution is 0.517. The van der Waals surface area contributed by atoms with Gasteiger partial charge in [0.1, 0.15) is 4.99 Å². The van der Waals surface area contributed by atoms with E-state index in [1.54, 1.807) is 18.3 Å². The average Bonchev–Trinajstić information content (AvgIpc) is 2.77. The van der Waals surface area contributed by atoms with Crippen LogP contribution in [0.3, 0.4) is 0 Å². The number of oxazole rings is 1. The van der Waals surface area contributed by atoms with Crippen LogP contribution < -0.4 is 11.5 Å². The zero-order chi connectivity index (χ0) is 15.0. The molecule has 0 atom stereocenters. The van der Waals surface area contributed by atoms with Crippen molar-refractivity contribution in [2.75, 3.05) is 0 Å². The van der Waals surface area contributed by atoms with E-state index in [2.05, 4.69) is 4.98 Å². The predicted molar refractivity (Wildman–Crippen MR) is 84.4 cm³/mol. The van der Waals surface area contributed by atoms with Crippen molar-refractivity contribution in [2.24, 2.45) is 5.73 Å². The molecule has 0 bridgehead atoms. The number of benzene rings is 1. The van der Waals surface area contributed by atoms with Crippen LogP contribution in [-0.4, -0.2) is 14.5 Å². The minimum atomic E-state index is -0.415. The quantitative estimate of drug-likeness (QED) is 0.749. The van der Waals surface area contributed by atoms with Crippen LogP contribution in [-0.2, 0) is 6.54 Å². The van der Waals surface area contributed by atoms with Crippen molar-refractivity contribution in [3.8, 4) is 0 Å². The second-order valence-corrected chi connectivity index (χ2v) is 5.22. The molecule has 5 nitrogen and oxygen atoms in total. The fraction of sp³-hybridized carbons (Fsp3) is 0.133. The molecule has 1 aromatic carbocycles. The Balaban J connectivity index is 2.05. The number of rotatable bonds is 3. The van der Waals surface area contributed by atoms with Gasteiger partial charge >= 0.3 is 5.76 Å². The van der Waals surface area contributed by atoms with E-state index in [0.29, 0.717) is 22.8 Å². The lowest BCUT2D eigenvalue weighted by atomic mass is 10.0. The highest BCUT2D eigenvalue weighted by Gasteiger charge is 2.11. The van der Waals surface area contributed by atoms with Crippen molar-refractivity contribution in [1.82, 2.24) is 9.55 Å². The minimum absolute atomic E-state index is 0.359. The number of fused-ring (bicyclic) bond motifs is 1. The van der Waals surface area contributed by atoms with Crippen LogP contribution in [0.15, 0.2) is 45.7 Å². The van der Waals surface area contributed by atoms with Gasteiger partial charge in [-0.05, 0) is 36.2 Å². The topological polar surface area (TPSA) is 74.0 Å². The summed E-state index contributed by atoms with van der Waals surface area (Å²) in [5.41, 5.74) is 9.46. The molecule has 2 aromatic heterocycles. The first kappa shape index (κ1) is 13.5. The molecule has 2 heterocycles. The molecular weight excluding hydrogens is 286 g/mol. The fourth-order valence-electron chi connectivity index (χ4n) is 2.24. The Morgan fingerprint density at radius 1 is 1.43 bits per heavy atom. The number of hydrogen-bond acceptors (Lipinski definition) is 4. The maximum atomic E-state index is 11.9. The summed E-state index contributed by atoms with van der Waals surface area (Å²) in [6, 6.07) is 9.14. The summed E-state index contributed by atoms with van der Waals surface area (Å²) in [6.07, 6.45) is 1.64. The molecule has 2 N–H and O–H groups in total. The van der Waals surface area contributed by atoms with Gasteiger partial charge in [0.2, 0.25) is 0 Å². The Morgan fingerprint density at radius 3 is 2.95 bits per heavy atom. The molecule has 6 heteroatoms. The zero-order valence-electron chi connectivity index (χ0n) is 11.4. The molecule has 0 fully saturated rings. The summed E-state index contributed by atoms with van der Waals surface area (Å²) < 4.78 is 6.69. The predicted octanol–water partition coefficient (Wildman–Crippen LogP) is 1.98. The van der Waals surface area contributed by atoms with Gasteiger partial charge < -0.3 is 10.2 Å². The Hall–Kier alpha value is -2.47. The Bertz CT molecular complexity index is 895. The van der Waals surface area contributed by atoms with E-state index < -0.39 is 5.76 Å². The lowest BCUT2D eigenvalue weighted by Gasteiger charge is -2.08. The van der Waals surface area contributed by atoms with Crippen LogP contribution in [0.4, 0.5) is 0 Å². The van der Waals surface area contributed by atoms with Gasteiger partial charge in [-0.3, -0.25) is 4.57 Å². The molecule has 0 aliphatic heterocycles. The van der Waals surface area contributed by atoms with Crippen LogP contribution in [0.5, 0.6) is 0 Å². The molecule has 3 aromatic rings. The highest BCUT2D eigenvalue weighted by Crippen LogP contribution is 2.15. The third-order valence-electron chi connectivity index (χ3n) is 3.38. The second kappa shape index (κ2) is 5.14. The van der Waals surface area contributed by atoms with Crippen LogP contribution in [0.25, 0.3) is 11.2 Å². The summed E-state index contributed by atoms with van der Waals surface area (Å²) in [4.78, 5) is 16.5. The molecule has 0 amide bonds. The number of hydrogen-bond donors (Lipinski definition) is 1. The third kappa shape index (κ3) is 2.45. The average molecular weight is 299 g/mol. The van der Waals surface area contributed by atoms with Crippen LogP contribution in [0.1, 0.15) is 16.7 Å². The Kier molecular flexibility index (Phi) is 3.31. The molecule has 21 heavy (non-hydrogen) atoms. The Labute approximate surface area is 126 Å². The first-order valence-electron chi connectivity index (χ1n) is 6.40. The maximum absolute atomic E-state index is 11.9. The molecule has 0 saturated heterocycles. The molecule has 0 aliphatic rings. The maximum Gasteiger partial charge on any atom is 0.421 e.